The lowest BCUT2D eigenvalue weighted by Gasteiger charge is -2.18. The zero-order valence-electron chi connectivity index (χ0n) is 8.51. The first-order valence-electron chi connectivity index (χ1n) is 4.37. The maximum Gasteiger partial charge on any atom is 0.127 e. The van der Waals surface area contributed by atoms with Crippen molar-refractivity contribution in [2.45, 2.75) is 46.0 Å². The quantitative estimate of drug-likeness (QED) is 0.642. The van der Waals surface area contributed by atoms with Gasteiger partial charge in [-0.05, 0) is 11.3 Å². The minimum absolute atomic E-state index is 0.138. The minimum Gasteiger partial charge on any atom is -0.364 e. The molecule has 0 aromatic carbocycles. The monoisotopic (exact) mass is 167 g/mol. The van der Waals surface area contributed by atoms with E-state index in [-0.39, 0.29) is 5.41 Å². The number of hydrogen-bond acceptors (Lipinski definition) is 2. The molecular formula is C10H17NO. The van der Waals surface area contributed by atoms with Gasteiger partial charge in [0, 0.05) is 5.56 Å². The third kappa shape index (κ3) is 1.68. The van der Waals surface area contributed by atoms with E-state index in [1.54, 1.807) is 6.26 Å². The van der Waals surface area contributed by atoms with E-state index in [4.69, 9.17) is 4.52 Å². The summed E-state index contributed by atoms with van der Waals surface area (Å²) in [5.41, 5.74) is 2.44. The molecule has 68 valence electrons. The van der Waals surface area contributed by atoms with Gasteiger partial charge in [0.05, 0.1) is 5.69 Å². The highest BCUT2D eigenvalue weighted by Crippen LogP contribution is 2.29. The van der Waals surface area contributed by atoms with Crippen LogP contribution in [-0.2, 0) is 5.41 Å². The van der Waals surface area contributed by atoms with Gasteiger partial charge in [0.15, 0.2) is 0 Å². The Morgan fingerprint density at radius 2 is 1.92 bits per heavy atom. The summed E-state index contributed by atoms with van der Waals surface area (Å²) in [7, 11) is 0. The van der Waals surface area contributed by atoms with Gasteiger partial charge in [-0.3, -0.25) is 0 Å². The Labute approximate surface area is 74.0 Å². The summed E-state index contributed by atoms with van der Waals surface area (Å²) >= 11 is 0. The van der Waals surface area contributed by atoms with Crippen molar-refractivity contribution in [1.29, 1.82) is 0 Å². The molecule has 1 aromatic heterocycles. The topological polar surface area (TPSA) is 26.0 Å². The predicted molar refractivity (Wildman–Crippen MR) is 49.3 cm³/mol. The zero-order valence-corrected chi connectivity index (χ0v) is 8.51. The van der Waals surface area contributed by atoms with Crippen LogP contribution in [0.5, 0.6) is 0 Å². The number of aromatic nitrogens is 1. The van der Waals surface area contributed by atoms with Gasteiger partial charge in [0.25, 0.3) is 0 Å². The van der Waals surface area contributed by atoms with Crippen LogP contribution in [0.4, 0.5) is 0 Å². The third-order valence-corrected chi connectivity index (χ3v) is 1.95. The molecule has 0 aliphatic heterocycles. The van der Waals surface area contributed by atoms with Gasteiger partial charge in [0.2, 0.25) is 0 Å². The van der Waals surface area contributed by atoms with E-state index in [1.165, 1.54) is 5.56 Å². The lowest BCUT2D eigenvalue weighted by atomic mass is 9.85. The second-order valence-electron chi connectivity index (χ2n) is 4.52. The molecule has 0 aliphatic carbocycles. The zero-order chi connectivity index (χ0) is 9.35. The molecule has 1 heterocycles. The smallest absolute Gasteiger partial charge is 0.127 e. The van der Waals surface area contributed by atoms with Crippen molar-refractivity contribution in [2.24, 2.45) is 0 Å². The van der Waals surface area contributed by atoms with Gasteiger partial charge in [-0.15, -0.1) is 0 Å². The van der Waals surface area contributed by atoms with Gasteiger partial charge in [-0.1, -0.05) is 39.8 Å². The summed E-state index contributed by atoms with van der Waals surface area (Å²) in [4.78, 5) is 0. The molecule has 2 nitrogen and oxygen atoms in total. The maximum atomic E-state index is 4.98. The van der Waals surface area contributed by atoms with Gasteiger partial charge >= 0.3 is 0 Å². The molecule has 1 rings (SSSR count). The Morgan fingerprint density at radius 3 is 2.25 bits per heavy atom. The van der Waals surface area contributed by atoms with E-state index in [1.807, 2.05) is 0 Å². The van der Waals surface area contributed by atoms with Crippen LogP contribution in [0.25, 0.3) is 0 Å². The average Bonchev–Trinajstić information content (AvgIpc) is 2.30. The summed E-state index contributed by atoms with van der Waals surface area (Å²) in [6.07, 6.45) is 1.76. The Balaban J connectivity index is 3.08. The standard InChI is InChI=1S/C10H17NO/c1-7(2)9-8(6-12-11-9)10(3,4)5/h6-7H,1-5H3. The summed E-state index contributed by atoms with van der Waals surface area (Å²) in [5.74, 6) is 0.443. The van der Waals surface area contributed by atoms with Crippen LogP contribution in [0.2, 0.25) is 0 Å². The highest BCUT2D eigenvalue weighted by molar-refractivity contribution is 5.25. The molecule has 0 unspecified atom stereocenters. The predicted octanol–water partition coefficient (Wildman–Crippen LogP) is 3.10. The van der Waals surface area contributed by atoms with E-state index in [0.717, 1.165) is 5.69 Å². The highest BCUT2D eigenvalue weighted by Gasteiger charge is 2.22. The van der Waals surface area contributed by atoms with E-state index in [2.05, 4.69) is 39.8 Å². The molecular weight excluding hydrogens is 150 g/mol. The summed E-state index contributed by atoms with van der Waals surface area (Å²) in [6.45, 7) is 10.8. The lowest BCUT2D eigenvalue weighted by molar-refractivity contribution is 0.407. The van der Waals surface area contributed by atoms with Crippen LogP contribution >= 0.6 is 0 Å². The molecule has 0 fully saturated rings. The first-order valence-corrected chi connectivity index (χ1v) is 4.37. The molecule has 0 saturated carbocycles. The molecule has 0 saturated heterocycles. The number of nitrogens with zero attached hydrogens (tertiary/aromatic N) is 1. The summed E-state index contributed by atoms with van der Waals surface area (Å²) in [5, 5.41) is 4.01. The highest BCUT2D eigenvalue weighted by atomic mass is 16.5. The molecule has 12 heavy (non-hydrogen) atoms. The molecule has 0 atom stereocenters. The molecule has 1 aromatic rings. The van der Waals surface area contributed by atoms with Gasteiger partial charge < -0.3 is 4.52 Å². The van der Waals surface area contributed by atoms with Crippen LogP contribution in [0.3, 0.4) is 0 Å². The number of rotatable bonds is 1. The van der Waals surface area contributed by atoms with Crippen LogP contribution < -0.4 is 0 Å². The fourth-order valence-corrected chi connectivity index (χ4v) is 1.22. The van der Waals surface area contributed by atoms with Gasteiger partial charge in [-0.2, -0.15) is 0 Å². The molecule has 0 spiro atoms. The van der Waals surface area contributed by atoms with Crippen molar-refractivity contribution in [3.8, 4) is 0 Å². The van der Waals surface area contributed by atoms with E-state index >= 15 is 0 Å². The van der Waals surface area contributed by atoms with Crippen molar-refractivity contribution in [2.75, 3.05) is 0 Å². The van der Waals surface area contributed by atoms with E-state index in [0.29, 0.717) is 5.92 Å². The van der Waals surface area contributed by atoms with Gasteiger partial charge in [0.1, 0.15) is 6.26 Å². The minimum atomic E-state index is 0.138. The molecule has 0 bridgehead atoms. The molecule has 0 radical (unpaired) electrons. The lowest BCUT2D eigenvalue weighted by Crippen LogP contribution is -2.13. The van der Waals surface area contributed by atoms with Crippen molar-refractivity contribution in [3.05, 3.63) is 17.5 Å². The summed E-state index contributed by atoms with van der Waals surface area (Å²) in [6, 6.07) is 0. The Morgan fingerprint density at radius 1 is 1.33 bits per heavy atom. The van der Waals surface area contributed by atoms with E-state index in [9.17, 15) is 0 Å². The molecule has 0 aliphatic rings. The van der Waals surface area contributed by atoms with Gasteiger partial charge in [-0.25, -0.2) is 0 Å². The van der Waals surface area contributed by atoms with Crippen LogP contribution in [0.1, 0.15) is 51.8 Å². The largest absolute Gasteiger partial charge is 0.364 e. The normalized spacial score (nSPS) is 12.5. The van der Waals surface area contributed by atoms with Crippen molar-refractivity contribution >= 4 is 0 Å². The molecule has 0 N–H and O–H groups in total. The first kappa shape index (κ1) is 9.30. The fourth-order valence-electron chi connectivity index (χ4n) is 1.22. The molecule has 2 heteroatoms. The summed E-state index contributed by atoms with van der Waals surface area (Å²) < 4.78 is 4.98. The Hall–Kier alpha value is -0.790. The van der Waals surface area contributed by atoms with Crippen LogP contribution in [-0.4, -0.2) is 5.16 Å². The SMILES string of the molecule is CC(C)c1nocc1C(C)(C)C. The third-order valence-electron chi connectivity index (χ3n) is 1.95. The first-order chi connectivity index (χ1) is 5.43. The average molecular weight is 167 g/mol. The van der Waals surface area contributed by atoms with Crippen molar-refractivity contribution < 1.29 is 4.52 Å². The van der Waals surface area contributed by atoms with Crippen molar-refractivity contribution in [1.82, 2.24) is 5.16 Å². The van der Waals surface area contributed by atoms with Crippen molar-refractivity contribution in [3.63, 3.8) is 0 Å². The second kappa shape index (κ2) is 2.92. The second-order valence-corrected chi connectivity index (χ2v) is 4.52. The fraction of sp³-hybridized carbons (Fsp3) is 0.700. The molecule has 0 amide bonds. The van der Waals surface area contributed by atoms with Crippen LogP contribution in [0, 0.1) is 0 Å². The maximum absolute atomic E-state index is 4.98. The Kier molecular flexibility index (Phi) is 2.27. The Bertz CT molecular complexity index is 255. The van der Waals surface area contributed by atoms with Crippen LogP contribution in [0.15, 0.2) is 10.8 Å². The van der Waals surface area contributed by atoms with E-state index < -0.39 is 0 Å². The number of hydrogen-bond donors (Lipinski definition) is 0.